The minimum atomic E-state index is -1.53. The molecule has 0 saturated heterocycles. The van der Waals surface area contributed by atoms with E-state index < -0.39 is 29.1 Å². The number of hydrogen-bond acceptors (Lipinski definition) is 4. The number of hydroxylamine groups is 2. The standard InChI is InChI=1S/C15H19NO5/c1-16(21-3)13(17)15(14(18)19)11(9-20-2)12(15)10-7-5-4-6-8-10/h4-8,11-12H,9H2,1-3H3,(H,18,19)/t11-,12+,15+/m1/s1. The van der Waals surface area contributed by atoms with Crippen LogP contribution in [0.5, 0.6) is 0 Å². The second-order valence-electron chi connectivity index (χ2n) is 5.11. The molecule has 6 heteroatoms. The molecule has 1 aromatic carbocycles. The molecule has 21 heavy (non-hydrogen) atoms. The molecule has 1 aromatic rings. The summed E-state index contributed by atoms with van der Waals surface area (Å²) < 4.78 is 5.11. The van der Waals surface area contributed by atoms with Gasteiger partial charge in [-0.25, -0.2) is 5.06 Å². The third kappa shape index (κ3) is 2.30. The molecule has 1 amide bonds. The van der Waals surface area contributed by atoms with E-state index in [-0.39, 0.29) is 6.61 Å². The van der Waals surface area contributed by atoms with Crippen LogP contribution < -0.4 is 0 Å². The second kappa shape index (κ2) is 5.83. The van der Waals surface area contributed by atoms with Crippen LogP contribution in [0.25, 0.3) is 0 Å². The first kappa shape index (κ1) is 15.5. The minimum absolute atomic E-state index is 0.204. The van der Waals surface area contributed by atoms with Crippen molar-refractivity contribution in [3.8, 4) is 0 Å². The Morgan fingerprint density at radius 1 is 1.29 bits per heavy atom. The van der Waals surface area contributed by atoms with Crippen LogP contribution in [0.15, 0.2) is 30.3 Å². The van der Waals surface area contributed by atoms with E-state index >= 15 is 0 Å². The number of benzene rings is 1. The number of carbonyl (C=O) groups excluding carboxylic acids is 1. The Labute approximate surface area is 123 Å². The molecule has 1 aliphatic carbocycles. The molecule has 114 valence electrons. The van der Waals surface area contributed by atoms with Crippen LogP contribution in [0.4, 0.5) is 0 Å². The maximum Gasteiger partial charge on any atom is 0.320 e. The van der Waals surface area contributed by atoms with Crippen molar-refractivity contribution in [2.24, 2.45) is 11.3 Å². The van der Waals surface area contributed by atoms with Crippen LogP contribution >= 0.6 is 0 Å². The molecule has 0 heterocycles. The topological polar surface area (TPSA) is 76.1 Å². The molecule has 1 N–H and O–H groups in total. The summed E-state index contributed by atoms with van der Waals surface area (Å²) in [6.45, 7) is 0.204. The Kier molecular flexibility index (Phi) is 4.29. The van der Waals surface area contributed by atoms with Gasteiger partial charge in [-0.15, -0.1) is 0 Å². The van der Waals surface area contributed by atoms with Crippen molar-refractivity contribution in [1.29, 1.82) is 0 Å². The van der Waals surface area contributed by atoms with Crippen molar-refractivity contribution in [1.82, 2.24) is 5.06 Å². The van der Waals surface area contributed by atoms with Crippen molar-refractivity contribution in [3.05, 3.63) is 35.9 Å². The maximum atomic E-state index is 12.5. The number of nitrogens with zero attached hydrogens (tertiary/aromatic N) is 1. The van der Waals surface area contributed by atoms with E-state index in [1.807, 2.05) is 30.3 Å². The van der Waals surface area contributed by atoms with Gasteiger partial charge in [0, 0.05) is 26.0 Å². The molecule has 1 aliphatic rings. The fourth-order valence-electron chi connectivity index (χ4n) is 3.04. The molecule has 3 atom stereocenters. The highest BCUT2D eigenvalue weighted by Gasteiger charge is 2.76. The molecule has 0 aromatic heterocycles. The Bertz CT molecular complexity index is 532. The normalized spacial score (nSPS) is 27.2. The van der Waals surface area contributed by atoms with Gasteiger partial charge in [-0.1, -0.05) is 30.3 Å². The molecule has 0 aliphatic heterocycles. The Morgan fingerprint density at radius 2 is 1.90 bits per heavy atom. The largest absolute Gasteiger partial charge is 0.480 e. The highest BCUT2D eigenvalue weighted by molar-refractivity contribution is 6.07. The van der Waals surface area contributed by atoms with Gasteiger partial charge in [0.15, 0.2) is 5.41 Å². The summed E-state index contributed by atoms with van der Waals surface area (Å²) in [6, 6.07) is 9.17. The van der Waals surface area contributed by atoms with Crippen LogP contribution in [0.1, 0.15) is 11.5 Å². The Morgan fingerprint density at radius 3 is 2.38 bits per heavy atom. The van der Waals surface area contributed by atoms with Gasteiger partial charge in [0.25, 0.3) is 5.91 Å². The molecule has 1 saturated carbocycles. The van der Waals surface area contributed by atoms with Gasteiger partial charge >= 0.3 is 5.97 Å². The molecule has 0 unspecified atom stereocenters. The van der Waals surface area contributed by atoms with E-state index in [1.165, 1.54) is 21.3 Å². The Hall–Kier alpha value is -1.92. The Balaban J connectivity index is 2.43. The predicted octanol–water partition coefficient (Wildman–Crippen LogP) is 1.14. The number of hydrogen-bond donors (Lipinski definition) is 1. The fourth-order valence-corrected chi connectivity index (χ4v) is 3.04. The van der Waals surface area contributed by atoms with Crippen molar-refractivity contribution in [3.63, 3.8) is 0 Å². The molecule has 0 spiro atoms. The molecule has 0 radical (unpaired) electrons. The molecular weight excluding hydrogens is 274 g/mol. The first-order valence-corrected chi connectivity index (χ1v) is 6.61. The number of rotatable bonds is 6. The van der Waals surface area contributed by atoms with E-state index in [1.54, 1.807) is 0 Å². The van der Waals surface area contributed by atoms with Crippen molar-refractivity contribution in [2.75, 3.05) is 27.9 Å². The smallest absolute Gasteiger partial charge is 0.320 e. The van der Waals surface area contributed by atoms with Crippen LogP contribution in [0, 0.1) is 11.3 Å². The highest BCUT2D eigenvalue weighted by Crippen LogP contribution is 2.65. The second-order valence-corrected chi connectivity index (χ2v) is 5.11. The highest BCUT2D eigenvalue weighted by atomic mass is 16.7. The van der Waals surface area contributed by atoms with Crippen LogP contribution in [-0.2, 0) is 19.2 Å². The average molecular weight is 293 g/mol. The lowest BCUT2D eigenvalue weighted by Gasteiger charge is -2.20. The van der Waals surface area contributed by atoms with Gasteiger partial charge in [0.2, 0.25) is 0 Å². The van der Waals surface area contributed by atoms with Gasteiger partial charge in [0.1, 0.15) is 0 Å². The summed E-state index contributed by atoms with van der Waals surface area (Å²) in [5.74, 6) is -2.53. The minimum Gasteiger partial charge on any atom is -0.480 e. The first-order chi connectivity index (χ1) is 10.0. The number of amides is 1. The van der Waals surface area contributed by atoms with E-state index in [4.69, 9.17) is 9.57 Å². The summed E-state index contributed by atoms with van der Waals surface area (Å²) in [4.78, 5) is 29.3. The lowest BCUT2D eigenvalue weighted by molar-refractivity contribution is -0.181. The zero-order valence-electron chi connectivity index (χ0n) is 12.3. The van der Waals surface area contributed by atoms with Crippen molar-refractivity contribution >= 4 is 11.9 Å². The summed E-state index contributed by atoms with van der Waals surface area (Å²) in [5, 5.41) is 10.7. The number of aliphatic carboxylic acids is 1. The number of ether oxygens (including phenoxy) is 1. The molecular formula is C15H19NO5. The molecule has 1 fully saturated rings. The monoisotopic (exact) mass is 293 g/mol. The number of carboxylic acids is 1. The SMILES string of the molecule is COC[C@@H]1[C@H](c2ccccc2)[C@]1(C(=O)O)C(=O)N(C)OC. The van der Waals surface area contributed by atoms with E-state index in [0.717, 1.165) is 10.6 Å². The lowest BCUT2D eigenvalue weighted by Crippen LogP contribution is -2.40. The van der Waals surface area contributed by atoms with Gasteiger partial charge in [-0.3, -0.25) is 14.4 Å². The van der Waals surface area contributed by atoms with Crippen LogP contribution in [-0.4, -0.2) is 49.9 Å². The quantitative estimate of drug-likeness (QED) is 0.628. The summed E-state index contributed by atoms with van der Waals surface area (Å²) in [6.07, 6.45) is 0. The molecule has 2 rings (SSSR count). The van der Waals surface area contributed by atoms with E-state index in [0.29, 0.717) is 0 Å². The fraction of sp³-hybridized carbons (Fsp3) is 0.467. The number of carbonyl (C=O) groups is 2. The average Bonchev–Trinajstić information content (AvgIpc) is 3.16. The van der Waals surface area contributed by atoms with Gasteiger partial charge < -0.3 is 9.84 Å². The van der Waals surface area contributed by atoms with E-state index in [9.17, 15) is 14.7 Å². The van der Waals surface area contributed by atoms with E-state index in [2.05, 4.69) is 0 Å². The summed E-state index contributed by atoms with van der Waals surface area (Å²) in [7, 11) is 4.24. The van der Waals surface area contributed by atoms with Gasteiger partial charge in [0.05, 0.1) is 13.7 Å². The lowest BCUT2D eigenvalue weighted by atomic mass is 9.97. The number of carboxylic acid groups (broad SMARTS) is 1. The van der Waals surface area contributed by atoms with Crippen molar-refractivity contribution in [2.45, 2.75) is 5.92 Å². The van der Waals surface area contributed by atoms with Crippen LogP contribution in [0.2, 0.25) is 0 Å². The molecule has 6 nitrogen and oxygen atoms in total. The predicted molar refractivity (Wildman–Crippen MR) is 74.4 cm³/mol. The molecule has 0 bridgehead atoms. The first-order valence-electron chi connectivity index (χ1n) is 6.61. The zero-order valence-corrected chi connectivity index (χ0v) is 12.3. The summed E-state index contributed by atoms with van der Waals surface area (Å²) >= 11 is 0. The maximum absolute atomic E-state index is 12.5. The van der Waals surface area contributed by atoms with Gasteiger partial charge in [-0.2, -0.15) is 0 Å². The van der Waals surface area contributed by atoms with Crippen LogP contribution in [0.3, 0.4) is 0 Å². The van der Waals surface area contributed by atoms with Gasteiger partial charge in [-0.05, 0) is 5.56 Å². The zero-order chi connectivity index (χ0) is 15.6. The van der Waals surface area contributed by atoms with Crippen molar-refractivity contribution < 1.29 is 24.3 Å². The summed E-state index contributed by atoms with van der Waals surface area (Å²) in [5.41, 5.74) is -0.706. The third-order valence-corrected chi connectivity index (χ3v) is 4.14. The third-order valence-electron chi connectivity index (χ3n) is 4.14. The number of methoxy groups -OCH3 is 1.